The summed E-state index contributed by atoms with van der Waals surface area (Å²) in [5.74, 6) is -0.343. The van der Waals surface area contributed by atoms with Crippen LogP contribution in [0.3, 0.4) is 0 Å². The van der Waals surface area contributed by atoms with Crippen molar-refractivity contribution in [1.29, 1.82) is 0 Å². The molecule has 116 valence electrons. The fourth-order valence-electron chi connectivity index (χ4n) is 3.04. The fourth-order valence-corrected chi connectivity index (χ4v) is 3.96. The molecule has 1 unspecified atom stereocenters. The molecule has 0 radical (unpaired) electrons. The zero-order valence-corrected chi connectivity index (χ0v) is 13.4. The lowest BCUT2D eigenvalue weighted by atomic mass is 10.2. The monoisotopic (exact) mass is 319 g/mol. The van der Waals surface area contributed by atoms with Gasteiger partial charge in [-0.15, -0.1) is 11.3 Å². The summed E-state index contributed by atoms with van der Waals surface area (Å²) < 4.78 is 13.5. The molecule has 0 aliphatic carbocycles. The Morgan fingerprint density at radius 2 is 2.32 bits per heavy atom. The lowest BCUT2D eigenvalue weighted by Crippen LogP contribution is -3.11. The smallest absolute Gasteiger partial charge is 0.279 e. The quantitative estimate of drug-likeness (QED) is 0.892. The van der Waals surface area contributed by atoms with E-state index in [9.17, 15) is 9.18 Å². The second kappa shape index (κ2) is 6.58. The number of halogens is 1. The zero-order chi connectivity index (χ0) is 15.5. The van der Waals surface area contributed by atoms with Gasteiger partial charge in [-0.25, -0.2) is 4.39 Å². The van der Waals surface area contributed by atoms with Crippen LogP contribution in [0.15, 0.2) is 35.7 Å². The molecule has 1 saturated heterocycles. The van der Waals surface area contributed by atoms with Crippen molar-refractivity contribution < 1.29 is 14.1 Å². The number of amides is 1. The van der Waals surface area contributed by atoms with E-state index in [1.165, 1.54) is 15.8 Å². The van der Waals surface area contributed by atoms with Crippen LogP contribution < -0.4 is 10.2 Å². The molecule has 0 spiro atoms. The van der Waals surface area contributed by atoms with E-state index in [2.05, 4.69) is 22.8 Å². The Morgan fingerprint density at radius 1 is 1.45 bits per heavy atom. The molecule has 1 aromatic carbocycles. The number of benzene rings is 1. The van der Waals surface area contributed by atoms with Crippen LogP contribution in [0.2, 0.25) is 0 Å². The van der Waals surface area contributed by atoms with Crippen molar-refractivity contribution in [2.24, 2.45) is 0 Å². The molecule has 1 aromatic heterocycles. The van der Waals surface area contributed by atoms with Gasteiger partial charge in [-0.2, -0.15) is 0 Å². The average molecular weight is 319 g/mol. The van der Waals surface area contributed by atoms with Crippen LogP contribution in [0.1, 0.15) is 29.3 Å². The number of likely N-dealkylation sites (tertiary alicyclic amines) is 1. The highest BCUT2D eigenvalue weighted by Crippen LogP contribution is 2.23. The maximum absolute atomic E-state index is 13.5. The van der Waals surface area contributed by atoms with Crippen molar-refractivity contribution in [3.05, 3.63) is 52.0 Å². The van der Waals surface area contributed by atoms with Crippen molar-refractivity contribution in [1.82, 2.24) is 0 Å². The Bertz CT molecular complexity index is 657. The molecule has 2 heterocycles. The molecule has 0 saturated carbocycles. The van der Waals surface area contributed by atoms with Crippen molar-refractivity contribution in [3.63, 3.8) is 0 Å². The Labute approximate surface area is 133 Å². The average Bonchev–Trinajstić information content (AvgIpc) is 3.13. The summed E-state index contributed by atoms with van der Waals surface area (Å²) in [7, 11) is 0. The van der Waals surface area contributed by atoms with Gasteiger partial charge in [0.1, 0.15) is 11.9 Å². The normalized spacial score (nSPS) is 21.0. The van der Waals surface area contributed by atoms with Gasteiger partial charge in [0.2, 0.25) is 0 Å². The van der Waals surface area contributed by atoms with Crippen LogP contribution in [-0.2, 0) is 4.79 Å². The first kappa shape index (κ1) is 15.2. The highest BCUT2D eigenvalue weighted by atomic mass is 32.1. The second-order valence-corrected chi connectivity index (χ2v) is 6.79. The summed E-state index contributed by atoms with van der Waals surface area (Å²) in [6, 6.07) is 9.43. The van der Waals surface area contributed by atoms with E-state index in [4.69, 9.17) is 0 Å². The van der Waals surface area contributed by atoms with Crippen molar-refractivity contribution >= 4 is 22.9 Å². The molecule has 1 aliphatic rings. The molecule has 2 atom stereocenters. The van der Waals surface area contributed by atoms with E-state index in [1.54, 1.807) is 30.4 Å². The van der Waals surface area contributed by atoms with Gasteiger partial charge in [0.15, 0.2) is 6.54 Å². The number of quaternary nitrogens is 1. The Morgan fingerprint density at radius 3 is 3.05 bits per heavy atom. The maximum atomic E-state index is 13.5. The first-order chi connectivity index (χ1) is 10.6. The topological polar surface area (TPSA) is 33.5 Å². The maximum Gasteiger partial charge on any atom is 0.279 e. The number of thiophene rings is 1. The van der Waals surface area contributed by atoms with Crippen molar-refractivity contribution in [2.45, 2.75) is 25.8 Å². The molecular weight excluding hydrogens is 299 g/mol. The SMILES string of the molecule is Cc1ccc(NC(=O)C[NH+]2CCC[C@@H]2c2cccs2)cc1F. The van der Waals surface area contributed by atoms with Gasteiger partial charge in [-0.1, -0.05) is 12.1 Å². The summed E-state index contributed by atoms with van der Waals surface area (Å²) in [5.41, 5.74) is 1.11. The predicted octanol–water partition coefficient (Wildman–Crippen LogP) is 2.55. The van der Waals surface area contributed by atoms with Gasteiger partial charge >= 0.3 is 0 Å². The van der Waals surface area contributed by atoms with Crippen molar-refractivity contribution in [3.8, 4) is 0 Å². The molecule has 1 aliphatic heterocycles. The van der Waals surface area contributed by atoms with E-state index in [0.29, 0.717) is 23.8 Å². The first-order valence-electron chi connectivity index (χ1n) is 7.57. The Balaban J connectivity index is 1.62. The van der Waals surface area contributed by atoms with E-state index in [1.807, 2.05) is 0 Å². The minimum absolute atomic E-state index is 0.0540. The van der Waals surface area contributed by atoms with Gasteiger partial charge < -0.3 is 10.2 Å². The highest BCUT2D eigenvalue weighted by molar-refractivity contribution is 7.10. The minimum Gasteiger partial charge on any atom is -0.321 e. The van der Waals surface area contributed by atoms with Gasteiger partial charge in [0.25, 0.3) is 5.91 Å². The summed E-state index contributed by atoms with van der Waals surface area (Å²) in [5, 5.41) is 4.89. The van der Waals surface area contributed by atoms with Crippen LogP contribution in [-0.4, -0.2) is 19.0 Å². The zero-order valence-electron chi connectivity index (χ0n) is 12.6. The number of hydrogen-bond donors (Lipinski definition) is 2. The lowest BCUT2D eigenvalue weighted by Gasteiger charge is -2.20. The van der Waals surface area contributed by atoms with Crippen LogP contribution >= 0.6 is 11.3 Å². The highest BCUT2D eigenvalue weighted by Gasteiger charge is 2.32. The number of carbonyl (C=O) groups is 1. The van der Waals surface area contributed by atoms with Crippen molar-refractivity contribution in [2.75, 3.05) is 18.4 Å². The number of anilines is 1. The summed E-state index contributed by atoms with van der Waals surface area (Å²) in [6.45, 7) is 3.15. The largest absolute Gasteiger partial charge is 0.321 e. The molecule has 3 rings (SSSR count). The summed E-state index contributed by atoms with van der Waals surface area (Å²) in [4.78, 5) is 14.9. The van der Waals surface area contributed by atoms with E-state index in [-0.39, 0.29) is 11.7 Å². The third-order valence-electron chi connectivity index (χ3n) is 4.21. The molecule has 22 heavy (non-hydrogen) atoms. The lowest BCUT2D eigenvalue weighted by molar-refractivity contribution is -0.910. The molecule has 0 bridgehead atoms. The van der Waals surface area contributed by atoms with Gasteiger partial charge in [0, 0.05) is 18.5 Å². The Hall–Kier alpha value is -1.72. The molecule has 3 nitrogen and oxygen atoms in total. The van der Waals surface area contributed by atoms with Crippen LogP contribution in [0.4, 0.5) is 10.1 Å². The Kier molecular flexibility index (Phi) is 4.55. The second-order valence-electron chi connectivity index (χ2n) is 5.81. The first-order valence-corrected chi connectivity index (χ1v) is 8.45. The molecule has 2 N–H and O–H groups in total. The number of hydrogen-bond acceptors (Lipinski definition) is 2. The van der Waals surface area contributed by atoms with E-state index >= 15 is 0 Å². The summed E-state index contributed by atoms with van der Waals surface area (Å²) in [6.07, 6.45) is 2.27. The molecule has 2 aromatic rings. The molecule has 5 heteroatoms. The third-order valence-corrected chi connectivity index (χ3v) is 5.20. The molecular formula is C17H20FN2OS+. The number of rotatable bonds is 4. The standard InChI is InChI=1S/C17H19FN2OS/c1-12-6-7-13(10-14(12)18)19-17(21)11-20-8-2-4-15(20)16-5-3-9-22-16/h3,5-7,9-10,15H,2,4,8,11H2,1H3,(H,19,21)/p+1/t15-/m1/s1. The van der Waals surface area contributed by atoms with Gasteiger partial charge in [-0.05, 0) is 36.1 Å². The number of aryl methyl sites for hydroxylation is 1. The predicted molar refractivity (Wildman–Crippen MR) is 86.8 cm³/mol. The summed E-state index contributed by atoms with van der Waals surface area (Å²) >= 11 is 1.76. The number of carbonyl (C=O) groups excluding carboxylic acids is 1. The van der Waals surface area contributed by atoms with Crippen LogP contribution in [0.5, 0.6) is 0 Å². The fraction of sp³-hybridized carbons (Fsp3) is 0.353. The molecule has 1 fully saturated rings. The van der Waals surface area contributed by atoms with Gasteiger partial charge in [-0.3, -0.25) is 4.79 Å². The van der Waals surface area contributed by atoms with Crippen LogP contribution in [0, 0.1) is 12.7 Å². The van der Waals surface area contributed by atoms with Crippen LogP contribution in [0.25, 0.3) is 0 Å². The van der Waals surface area contributed by atoms with E-state index in [0.717, 1.165) is 19.4 Å². The molecule has 1 amide bonds. The third kappa shape index (κ3) is 3.36. The number of nitrogens with one attached hydrogen (secondary N) is 2. The van der Waals surface area contributed by atoms with Gasteiger partial charge in [0.05, 0.1) is 11.4 Å². The minimum atomic E-state index is -0.289. The van der Waals surface area contributed by atoms with E-state index < -0.39 is 0 Å².